The van der Waals surface area contributed by atoms with Crippen LogP contribution in [0.4, 0.5) is 4.79 Å². The number of halogens is 1. The highest BCUT2D eigenvalue weighted by Gasteiger charge is 2.57. The van der Waals surface area contributed by atoms with Crippen LogP contribution in [0.25, 0.3) is 0 Å². The Hall–Kier alpha value is -1.40. The summed E-state index contributed by atoms with van der Waals surface area (Å²) >= 11 is 7.15. The summed E-state index contributed by atoms with van der Waals surface area (Å²) in [6.45, 7) is 0.164. The van der Waals surface area contributed by atoms with Gasteiger partial charge in [-0.1, -0.05) is 18.0 Å². The van der Waals surface area contributed by atoms with Crippen molar-refractivity contribution in [3.8, 4) is 0 Å². The molecule has 0 bridgehead atoms. The number of urea groups is 1. The molecule has 1 aromatic heterocycles. The molecule has 4 amide bonds. The van der Waals surface area contributed by atoms with E-state index in [1.165, 1.54) is 11.3 Å². The monoisotopic (exact) mass is 298 g/mol. The highest BCUT2D eigenvalue weighted by molar-refractivity contribution is 7.16. The molecule has 2 heterocycles. The molecule has 2 aliphatic rings. The second-order valence-electron chi connectivity index (χ2n) is 4.79. The van der Waals surface area contributed by atoms with Crippen LogP contribution in [0.15, 0.2) is 12.1 Å². The molecule has 100 valence electrons. The van der Waals surface area contributed by atoms with Crippen LogP contribution in [0.3, 0.4) is 0 Å². The van der Waals surface area contributed by atoms with Crippen molar-refractivity contribution < 1.29 is 14.4 Å². The van der Waals surface area contributed by atoms with Crippen molar-refractivity contribution in [1.29, 1.82) is 0 Å². The van der Waals surface area contributed by atoms with Crippen LogP contribution in [0.1, 0.15) is 24.1 Å². The third-order valence-corrected chi connectivity index (χ3v) is 4.92. The SMILES string of the molecule is O=C1NC(=O)C2(CCC2)C(=O)N1Cc1ccc(Cl)s1. The molecule has 0 radical (unpaired) electrons. The van der Waals surface area contributed by atoms with Gasteiger partial charge < -0.3 is 0 Å². The van der Waals surface area contributed by atoms with E-state index in [0.717, 1.165) is 16.2 Å². The maximum atomic E-state index is 12.4. The van der Waals surface area contributed by atoms with Crippen molar-refractivity contribution in [2.75, 3.05) is 0 Å². The second-order valence-corrected chi connectivity index (χ2v) is 6.59. The Labute approximate surface area is 118 Å². The first kappa shape index (κ1) is 12.6. The zero-order valence-corrected chi connectivity index (χ0v) is 11.5. The van der Waals surface area contributed by atoms with E-state index in [0.29, 0.717) is 17.2 Å². The first-order chi connectivity index (χ1) is 9.03. The zero-order chi connectivity index (χ0) is 13.6. The molecule has 1 aromatic rings. The fraction of sp³-hybridized carbons (Fsp3) is 0.417. The topological polar surface area (TPSA) is 66.5 Å². The lowest BCUT2D eigenvalue weighted by molar-refractivity contribution is -0.158. The zero-order valence-electron chi connectivity index (χ0n) is 9.94. The number of nitrogens with one attached hydrogen (secondary N) is 1. The van der Waals surface area contributed by atoms with Crippen LogP contribution < -0.4 is 5.32 Å². The van der Waals surface area contributed by atoms with Crippen LogP contribution in [0.5, 0.6) is 0 Å². The number of amides is 4. The number of hydrogen-bond acceptors (Lipinski definition) is 4. The van der Waals surface area contributed by atoms with E-state index in [1.807, 2.05) is 0 Å². The number of carbonyl (C=O) groups is 3. The quantitative estimate of drug-likeness (QED) is 0.851. The smallest absolute Gasteiger partial charge is 0.277 e. The Balaban J connectivity index is 1.85. The minimum absolute atomic E-state index is 0.164. The lowest BCUT2D eigenvalue weighted by Gasteiger charge is -2.44. The summed E-state index contributed by atoms with van der Waals surface area (Å²) in [7, 11) is 0. The largest absolute Gasteiger partial charge is 0.331 e. The van der Waals surface area contributed by atoms with Gasteiger partial charge >= 0.3 is 6.03 Å². The first-order valence-electron chi connectivity index (χ1n) is 5.94. The Kier molecular flexibility index (Phi) is 2.87. The summed E-state index contributed by atoms with van der Waals surface area (Å²) in [5, 5.41) is 2.28. The Morgan fingerprint density at radius 2 is 2.05 bits per heavy atom. The van der Waals surface area contributed by atoms with E-state index in [4.69, 9.17) is 11.6 Å². The molecular formula is C12H11ClN2O3S. The van der Waals surface area contributed by atoms with Crippen LogP contribution in [-0.2, 0) is 16.1 Å². The van der Waals surface area contributed by atoms with E-state index in [1.54, 1.807) is 12.1 Å². The van der Waals surface area contributed by atoms with Crippen molar-refractivity contribution >= 4 is 40.8 Å². The molecule has 1 saturated carbocycles. The standard InChI is InChI=1S/C12H11ClN2O3S/c13-8-3-2-7(19-8)6-15-10(17)12(4-1-5-12)9(16)14-11(15)18/h2-3H,1,4-6H2,(H,14,16,18). The third-order valence-electron chi connectivity index (χ3n) is 3.70. The Morgan fingerprint density at radius 1 is 1.32 bits per heavy atom. The van der Waals surface area contributed by atoms with E-state index in [9.17, 15) is 14.4 Å². The summed E-state index contributed by atoms with van der Waals surface area (Å²) < 4.78 is 0.606. The van der Waals surface area contributed by atoms with Gasteiger partial charge in [-0.2, -0.15) is 0 Å². The van der Waals surface area contributed by atoms with Gasteiger partial charge in [0, 0.05) is 4.88 Å². The Bertz CT molecular complexity index is 579. The van der Waals surface area contributed by atoms with Crippen molar-refractivity contribution in [2.45, 2.75) is 25.8 Å². The highest BCUT2D eigenvalue weighted by Crippen LogP contribution is 2.44. The molecule has 7 heteroatoms. The molecule has 1 spiro atoms. The molecule has 1 aliphatic heterocycles. The lowest BCUT2D eigenvalue weighted by Crippen LogP contribution is -2.65. The van der Waals surface area contributed by atoms with Gasteiger partial charge in [0.05, 0.1) is 10.9 Å². The number of imide groups is 2. The summed E-state index contributed by atoms with van der Waals surface area (Å²) in [6.07, 6.45) is 1.88. The second kappa shape index (κ2) is 4.31. The predicted octanol–water partition coefficient (Wildman–Crippen LogP) is 2.15. The normalized spacial score (nSPS) is 21.5. The predicted molar refractivity (Wildman–Crippen MR) is 69.7 cm³/mol. The first-order valence-corrected chi connectivity index (χ1v) is 7.14. The number of hydrogen-bond donors (Lipinski definition) is 1. The maximum absolute atomic E-state index is 12.4. The van der Waals surface area contributed by atoms with E-state index in [2.05, 4.69) is 5.32 Å². The fourth-order valence-corrected chi connectivity index (χ4v) is 3.52. The minimum Gasteiger partial charge on any atom is -0.277 e. The van der Waals surface area contributed by atoms with E-state index >= 15 is 0 Å². The average molecular weight is 299 g/mol. The molecule has 3 rings (SSSR count). The average Bonchev–Trinajstić information content (AvgIpc) is 2.68. The van der Waals surface area contributed by atoms with E-state index < -0.39 is 17.4 Å². The van der Waals surface area contributed by atoms with Gasteiger partial charge in [0.1, 0.15) is 5.41 Å². The summed E-state index contributed by atoms with van der Waals surface area (Å²) in [5.41, 5.74) is -1.00. The van der Waals surface area contributed by atoms with Crippen LogP contribution in [0, 0.1) is 5.41 Å². The van der Waals surface area contributed by atoms with Crippen molar-refractivity contribution in [1.82, 2.24) is 10.2 Å². The maximum Gasteiger partial charge on any atom is 0.331 e. The van der Waals surface area contributed by atoms with Crippen molar-refractivity contribution in [3.63, 3.8) is 0 Å². The molecule has 2 fully saturated rings. The number of nitrogens with zero attached hydrogens (tertiary/aromatic N) is 1. The number of barbiturate groups is 1. The van der Waals surface area contributed by atoms with Gasteiger partial charge in [0.25, 0.3) is 0 Å². The molecule has 19 heavy (non-hydrogen) atoms. The molecule has 1 saturated heterocycles. The van der Waals surface area contributed by atoms with Gasteiger partial charge in [-0.3, -0.25) is 19.8 Å². The van der Waals surface area contributed by atoms with Crippen molar-refractivity contribution in [2.24, 2.45) is 5.41 Å². The number of carbonyl (C=O) groups excluding carboxylic acids is 3. The van der Waals surface area contributed by atoms with Gasteiger partial charge in [0.2, 0.25) is 11.8 Å². The molecule has 0 atom stereocenters. The Morgan fingerprint density at radius 3 is 2.58 bits per heavy atom. The molecule has 0 unspecified atom stereocenters. The van der Waals surface area contributed by atoms with Gasteiger partial charge in [0.15, 0.2) is 0 Å². The number of rotatable bonds is 2. The van der Waals surface area contributed by atoms with Crippen LogP contribution in [0.2, 0.25) is 4.34 Å². The van der Waals surface area contributed by atoms with Gasteiger partial charge in [-0.15, -0.1) is 11.3 Å². The van der Waals surface area contributed by atoms with Crippen molar-refractivity contribution in [3.05, 3.63) is 21.3 Å². The number of thiophene rings is 1. The molecule has 1 N–H and O–H groups in total. The summed E-state index contributed by atoms with van der Waals surface area (Å²) in [4.78, 5) is 37.9. The third kappa shape index (κ3) is 1.86. The fourth-order valence-electron chi connectivity index (χ4n) is 2.44. The summed E-state index contributed by atoms with van der Waals surface area (Å²) in [6, 6.07) is 2.85. The van der Waals surface area contributed by atoms with E-state index in [-0.39, 0.29) is 12.5 Å². The lowest BCUT2D eigenvalue weighted by atomic mass is 9.66. The van der Waals surface area contributed by atoms with Gasteiger partial charge in [-0.25, -0.2) is 4.79 Å². The highest BCUT2D eigenvalue weighted by atomic mass is 35.5. The van der Waals surface area contributed by atoms with Crippen LogP contribution in [-0.4, -0.2) is 22.7 Å². The molecule has 5 nitrogen and oxygen atoms in total. The van der Waals surface area contributed by atoms with Gasteiger partial charge in [-0.05, 0) is 25.0 Å². The molecule has 1 aliphatic carbocycles. The van der Waals surface area contributed by atoms with Crippen LogP contribution >= 0.6 is 22.9 Å². The molecule has 0 aromatic carbocycles. The molecular weight excluding hydrogens is 288 g/mol. The summed E-state index contributed by atoms with van der Waals surface area (Å²) in [5.74, 6) is -0.828. The minimum atomic E-state index is -1.00.